The summed E-state index contributed by atoms with van der Waals surface area (Å²) in [6.07, 6.45) is -0.124. The number of benzene rings is 2. The lowest BCUT2D eigenvalue weighted by molar-refractivity contribution is -0.0415. The van der Waals surface area contributed by atoms with Crippen molar-refractivity contribution in [3.63, 3.8) is 0 Å². The monoisotopic (exact) mass is 368 g/mol. The van der Waals surface area contributed by atoms with E-state index in [1.165, 1.54) is 0 Å². The van der Waals surface area contributed by atoms with Crippen molar-refractivity contribution in [1.82, 2.24) is 0 Å². The molecule has 140 valence electrons. The highest BCUT2D eigenvalue weighted by Gasteiger charge is 2.44. The number of fused-ring (bicyclic) bond motifs is 7. The predicted octanol–water partition coefficient (Wildman–Crippen LogP) is 3.10. The molecule has 0 unspecified atom stereocenters. The van der Waals surface area contributed by atoms with Gasteiger partial charge in [0.25, 0.3) is 0 Å². The number of hydrogen-bond acceptors (Lipinski definition) is 6. The van der Waals surface area contributed by atoms with Crippen LogP contribution in [0.2, 0.25) is 0 Å². The van der Waals surface area contributed by atoms with Crippen molar-refractivity contribution in [2.75, 3.05) is 13.4 Å². The fraction of sp³-hybridized carbons (Fsp3) is 0.429. The molecule has 0 amide bonds. The molecule has 3 atom stereocenters. The van der Waals surface area contributed by atoms with Crippen LogP contribution in [0.5, 0.6) is 28.7 Å². The number of hydrogen-bond donors (Lipinski definition) is 1. The number of aliphatic hydroxyl groups excluding tert-OH is 1. The Morgan fingerprint density at radius 1 is 0.889 bits per heavy atom. The number of aliphatic hydroxyl groups is 1. The molecule has 0 bridgehead atoms. The van der Waals surface area contributed by atoms with E-state index < -0.39 is 11.7 Å². The van der Waals surface area contributed by atoms with E-state index in [9.17, 15) is 5.11 Å². The molecule has 27 heavy (non-hydrogen) atoms. The SMILES string of the molecule is CC1(C)Oc2cc3c(cc2C[C@H]1O)[C@H]1Oc2cc4c(cc2[C@H]1CO3)OCO4. The van der Waals surface area contributed by atoms with Crippen LogP contribution in [0.15, 0.2) is 24.3 Å². The van der Waals surface area contributed by atoms with Crippen molar-refractivity contribution in [2.24, 2.45) is 0 Å². The summed E-state index contributed by atoms with van der Waals surface area (Å²) in [6.45, 7) is 4.58. The Kier molecular flexibility index (Phi) is 2.87. The summed E-state index contributed by atoms with van der Waals surface area (Å²) >= 11 is 0. The zero-order valence-electron chi connectivity index (χ0n) is 15.2. The molecule has 4 aliphatic heterocycles. The Bertz CT molecular complexity index is 966. The van der Waals surface area contributed by atoms with Gasteiger partial charge in [-0.3, -0.25) is 0 Å². The van der Waals surface area contributed by atoms with Crippen LogP contribution in [0.1, 0.15) is 42.6 Å². The molecule has 0 aliphatic carbocycles. The molecule has 4 aliphatic rings. The Hall–Kier alpha value is -2.60. The predicted molar refractivity (Wildman–Crippen MR) is 95.0 cm³/mol. The molecule has 2 aromatic rings. The summed E-state index contributed by atoms with van der Waals surface area (Å²) in [4.78, 5) is 0. The van der Waals surface area contributed by atoms with E-state index in [0.29, 0.717) is 13.0 Å². The van der Waals surface area contributed by atoms with Crippen molar-refractivity contribution >= 4 is 0 Å². The molecule has 0 aromatic heterocycles. The van der Waals surface area contributed by atoms with Gasteiger partial charge in [0, 0.05) is 29.7 Å². The lowest BCUT2D eigenvalue weighted by atomic mass is 9.85. The van der Waals surface area contributed by atoms with Gasteiger partial charge in [-0.1, -0.05) is 0 Å². The van der Waals surface area contributed by atoms with E-state index >= 15 is 0 Å². The van der Waals surface area contributed by atoms with Gasteiger partial charge in [0.1, 0.15) is 29.0 Å². The second-order valence-electron chi connectivity index (χ2n) is 8.12. The summed E-state index contributed by atoms with van der Waals surface area (Å²) in [5, 5.41) is 10.4. The zero-order chi connectivity index (χ0) is 18.3. The van der Waals surface area contributed by atoms with E-state index in [4.69, 9.17) is 23.7 Å². The maximum absolute atomic E-state index is 10.4. The van der Waals surface area contributed by atoms with Gasteiger partial charge in [-0.25, -0.2) is 0 Å². The molecule has 6 nitrogen and oxygen atoms in total. The molecule has 4 heterocycles. The van der Waals surface area contributed by atoms with Crippen LogP contribution in [-0.2, 0) is 6.42 Å². The van der Waals surface area contributed by atoms with Gasteiger partial charge < -0.3 is 28.8 Å². The minimum absolute atomic E-state index is 0.103. The van der Waals surface area contributed by atoms with Gasteiger partial charge in [0.15, 0.2) is 11.5 Å². The van der Waals surface area contributed by atoms with Gasteiger partial charge in [-0.2, -0.15) is 0 Å². The molecule has 0 radical (unpaired) electrons. The first-order valence-corrected chi connectivity index (χ1v) is 9.26. The second-order valence-corrected chi connectivity index (χ2v) is 8.12. The maximum Gasteiger partial charge on any atom is 0.231 e. The van der Waals surface area contributed by atoms with Crippen molar-refractivity contribution in [3.05, 3.63) is 41.0 Å². The van der Waals surface area contributed by atoms with Crippen LogP contribution in [0.3, 0.4) is 0 Å². The first-order chi connectivity index (χ1) is 13.0. The normalized spacial score (nSPS) is 28.0. The van der Waals surface area contributed by atoms with E-state index in [2.05, 4.69) is 6.07 Å². The largest absolute Gasteiger partial charge is 0.492 e. The Labute approximate surface area is 156 Å². The van der Waals surface area contributed by atoms with E-state index in [1.807, 2.05) is 32.0 Å². The summed E-state index contributed by atoms with van der Waals surface area (Å²) in [5.41, 5.74) is 2.46. The third kappa shape index (κ3) is 2.10. The summed E-state index contributed by atoms with van der Waals surface area (Å²) in [5.74, 6) is 3.96. The summed E-state index contributed by atoms with van der Waals surface area (Å²) in [6, 6.07) is 7.91. The summed E-state index contributed by atoms with van der Waals surface area (Å²) < 4.78 is 29.4. The smallest absolute Gasteiger partial charge is 0.231 e. The maximum atomic E-state index is 10.4. The molecule has 6 heteroatoms. The minimum atomic E-state index is -0.612. The van der Waals surface area contributed by atoms with E-state index in [0.717, 1.165) is 45.4 Å². The molecular weight excluding hydrogens is 348 g/mol. The van der Waals surface area contributed by atoms with Crippen molar-refractivity contribution < 1.29 is 28.8 Å². The van der Waals surface area contributed by atoms with Gasteiger partial charge in [0.2, 0.25) is 6.79 Å². The molecule has 2 aromatic carbocycles. The molecule has 1 N–H and O–H groups in total. The highest BCUT2D eigenvalue weighted by molar-refractivity contribution is 5.58. The standard InChI is InChI=1S/C21H20O6/c1-21(2)19(22)4-10-3-12-15(6-14(10)27-21)23-8-13-11-5-17-18(25-9-24-17)7-16(11)26-20(12)13/h3,5-7,13,19-20,22H,4,8-9H2,1-2H3/t13-,19-,20-/m1/s1. The van der Waals surface area contributed by atoms with Gasteiger partial charge in [0.05, 0.1) is 18.6 Å². The van der Waals surface area contributed by atoms with Crippen LogP contribution in [0, 0.1) is 0 Å². The van der Waals surface area contributed by atoms with Crippen LogP contribution >= 0.6 is 0 Å². The van der Waals surface area contributed by atoms with Crippen LogP contribution in [0.4, 0.5) is 0 Å². The van der Waals surface area contributed by atoms with E-state index in [1.54, 1.807) is 0 Å². The van der Waals surface area contributed by atoms with Crippen LogP contribution < -0.4 is 23.7 Å². The lowest BCUT2D eigenvalue weighted by Crippen LogP contribution is -2.46. The first-order valence-electron chi connectivity index (χ1n) is 9.26. The third-order valence-corrected chi connectivity index (χ3v) is 6.03. The Morgan fingerprint density at radius 3 is 2.52 bits per heavy atom. The highest BCUT2D eigenvalue weighted by atomic mass is 16.7. The molecule has 0 fully saturated rings. The van der Waals surface area contributed by atoms with Crippen LogP contribution in [-0.4, -0.2) is 30.2 Å². The fourth-order valence-corrected chi connectivity index (χ4v) is 4.38. The minimum Gasteiger partial charge on any atom is -0.492 e. The molecule has 0 saturated heterocycles. The average molecular weight is 368 g/mol. The number of rotatable bonds is 0. The first kappa shape index (κ1) is 15.5. The fourth-order valence-electron chi connectivity index (χ4n) is 4.38. The zero-order valence-corrected chi connectivity index (χ0v) is 15.2. The molecule has 0 saturated carbocycles. The highest BCUT2D eigenvalue weighted by Crippen LogP contribution is 2.55. The molecular formula is C21H20O6. The van der Waals surface area contributed by atoms with Crippen LogP contribution in [0.25, 0.3) is 0 Å². The van der Waals surface area contributed by atoms with Crippen molar-refractivity contribution in [2.45, 2.75) is 44.0 Å². The molecule has 6 rings (SSSR count). The third-order valence-electron chi connectivity index (χ3n) is 6.03. The quantitative estimate of drug-likeness (QED) is 0.771. The molecule has 0 spiro atoms. The second kappa shape index (κ2) is 5.01. The average Bonchev–Trinajstić information content (AvgIpc) is 3.22. The van der Waals surface area contributed by atoms with E-state index in [-0.39, 0.29) is 18.8 Å². The van der Waals surface area contributed by atoms with Gasteiger partial charge in [-0.05, 0) is 31.5 Å². The Morgan fingerprint density at radius 2 is 1.67 bits per heavy atom. The topological polar surface area (TPSA) is 66.4 Å². The van der Waals surface area contributed by atoms with Gasteiger partial charge in [-0.15, -0.1) is 0 Å². The Balaban J connectivity index is 1.41. The van der Waals surface area contributed by atoms with Crippen molar-refractivity contribution in [3.8, 4) is 28.7 Å². The lowest BCUT2D eigenvalue weighted by Gasteiger charge is -2.38. The van der Waals surface area contributed by atoms with Gasteiger partial charge >= 0.3 is 0 Å². The van der Waals surface area contributed by atoms with Crippen molar-refractivity contribution in [1.29, 1.82) is 0 Å². The number of ether oxygens (including phenoxy) is 5. The summed E-state index contributed by atoms with van der Waals surface area (Å²) in [7, 11) is 0.